The number of carbonyl (C=O) groups is 1. The van der Waals surface area contributed by atoms with Gasteiger partial charge in [0.05, 0.1) is 11.7 Å². The van der Waals surface area contributed by atoms with Crippen LogP contribution in [-0.2, 0) is 10.0 Å². The molecule has 0 saturated heterocycles. The van der Waals surface area contributed by atoms with Gasteiger partial charge in [0.15, 0.2) is 0 Å². The number of aromatic nitrogens is 1. The van der Waals surface area contributed by atoms with Crippen molar-refractivity contribution >= 4 is 27.6 Å². The number of sulfonamides is 1. The van der Waals surface area contributed by atoms with Gasteiger partial charge in [-0.15, -0.1) is 0 Å². The predicted octanol–water partition coefficient (Wildman–Crippen LogP) is 1.78. The summed E-state index contributed by atoms with van der Waals surface area (Å²) in [5.74, 6) is -1.41. The minimum atomic E-state index is -5.49. The minimum Gasteiger partial charge on any atom is -0.490 e. The number of alkyl halides is 3. The summed E-state index contributed by atoms with van der Waals surface area (Å²) in [5.41, 5.74) is -7.12. The standard InChI is InChI=1S/C11H10ClF3N2O5S/c12-8-7(9(18)19)3-6(4-16-8)22-5-10(1-2-10)17-23(20,21)11(13,14)15/h3-4,17H,1-2,5H2,(H,18,19). The predicted molar refractivity (Wildman–Crippen MR) is 71.8 cm³/mol. The fraction of sp³-hybridized carbons (Fsp3) is 0.455. The molecule has 1 heterocycles. The van der Waals surface area contributed by atoms with Crippen LogP contribution in [0.25, 0.3) is 0 Å². The van der Waals surface area contributed by atoms with Gasteiger partial charge in [-0.25, -0.2) is 18.2 Å². The highest BCUT2D eigenvalue weighted by atomic mass is 35.5. The quantitative estimate of drug-likeness (QED) is 0.735. The lowest BCUT2D eigenvalue weighted by molar-refractivity contribution is -0.0453. The number of pyridine rings is 1. The molecular weight excluding hydrogens is 365 g/mol. The molecule has 12 heteroatoms. The van der Waals surface area contributed by atoms with Gasteiger partial charge >= 0.3 is 21.5 Å². The highest BCUT2D eigenvalue weighted by molar-refractivity contribution is 7.90. The van der Waals surface area contributed by atoms with Gasteiger partial charge in [-0.2, -0.15) is 17.9 Å². The van der Waals surface area contributed by atoms with Crippen molar-refractivity contribution in [3.63, 3.8) is 0 Å². The molecule has 0 atom stereocenters. The van der Waals surface area contributed by atoms with E-state index in [9.17, 15) is 26.4 Å². The van der Waals surface area contributed by atoms with Gasteiger partial charge in [0.2, 0.25) is 0 Å². The number of nitrogens with one attached hydrogen (secondary N) is 1. The molecule has 2 N–H and O–H groups in total. The summed E-state index contributed by atoms with van der Waals surface area (Å²) < 4.78 is 66.0. The van der Waals surface area contributed by atoms with Crippen molar-refractivity contribution in [3.05, 3.63) is 23.0 Å². The van der Waals surface area contributed by atoms with E-state index >= 15 is 0 Å². The lowest BCUT2D eigenvalue weighted by Crippen LogP contribution is -2.47. The summed E-state index contributed by atoms with van der Waals surface area (Å²) in [5, 5.41) is 8.60. The number of carboxylic acids is 1. The van der Waals surface area contributed by atoms with Crippen molar-refractivity contribution in [2.45, 2.75) is 23.9 Å². The molecular formula is C11H10ClF3N2O5S. The van der Waals surface area contributed by atoms with Gasteiger partial charge in [-0.1, -0.05) is 11.6 Å². The van der Waals surface area contributed by atoms with Gasteiger partial charge in [0.1, 0.15) is 23.1 Å². The van der Waals surface area contributed by atoms with Gasteiger partial charge < -0.3 is 9.84 Å². The monoisotopic (exact) mass is 374 g/mol. The second-order valence-electron chi connectivity index (χ2n) is 4.93. The molecule has 1 aliphatic rings. The Morgan fingerprint density at radius 3 is 2.57 bits per heavy atom. The fourth-order valence-electron chi connectivity index (χ4n) is 1.65. The first-order valence-electron chi connectivity index (χ1n) is 6.08. The van der Waals surface area contributed by atoms with Crippen molar-refractivity contribution in [1.29, 1.82) is 0 Å². The second-order valence-corrected chi connectivity index (χ2v) is 6.97. The van der Waals surface area contributed by atoms with Crippen molar-refractivity contribution in [3.8, 4) is 5.75 Å². The van der Waals surface area contributed by atoms with Crippen LogP contribution in [0.3, 0.4) is 0 Å². The van der Waals surface area contributed by atoms with Crippen LogP contribution in [0.15, 0.2) is 12.3 Å². The number of carboxylic acid groups (broad SMARTS) is 1. The lowest BCUT2D eigenvalue weighted by Gasteiger charge is -2.19. The Balaban J connectivity index is 2.07. The summed E-state index contributed by atoms with van der Waals surface area (Å²) in [7, 11) is -5.49. The van der Waals surface area contributed by atoms with E-state index in [-0.39, 0.29) is 29.3 Å². The summed E-state index contributed by atoms with van der Waals surface area (Å²) in [6.07, 6.45) is 1.41. The molecule has 7 nitrogen and oxygen atoms in total. The molecule has 1 saturated carbocycles. The molecule has 0 spiro atoms. The molecule has 0 aliphatic heterocycles. The maximum Gasteiger partial charge on any atom is 0.511 e. The van der Waals surface area contributed by atoms with E-state index in [1.807, 2.05) is 0 Å². The summed E-state index contributed by atoms with van der Waals surface area (Å²) in [6.45, 7) is -0.398. The Hall–Kier alpha value is -1.59. The highest BCUT2D eigenvalue weighted by Gasteiger charge is 2.55. The molecule has 1 aliphatic carbocycles. The number of hydrogen-bond acceptors (Lipinski definition) is 5. The normalized spacial score (nSPS) is 16.9. The van der Waals surface area contributed by atoms with Crippen LogP contribution in [0.2, 0.25) is 5.15 Å². The Kier molecular flexibility index (Phi) is 4.48. The van der Waals surface area contributed by atoms with Gasteiger partial charge in [-0.05, 0) is 18.9 Å². The largest absolute Gasteiger partial charge is 0.511 e. The number of halogens is 4. The third kappa shape index (κ3) is 4.03. The molecule has 2 rings (SSSR count). The zero-order valence-corrected chi connectivity index (χ0v) is 12.8. The molecule has 128 valence electrons. The van der Waals surface area contributed by atoms with Crippen molar-refractivity contribution in [2.75, 3.05) is 6.61 Å². The Bertz CT molecular complexity index is 734. The molecule has 23 heavy (non-hydrogen) atoms. The first-order valence-corrected chi connectivity index (χ1v) is 7.94. The smallest absolute Gasteiger partial charge is 0.490 e. The van der Waals surface area contributed by atoms with E-state index in [2.05, 4.69) is 4.98 Å². The van der Waals surface area contributed by atoms with E-state index in [4.69, 9.17) is 21.4 Å². The molecule has 1 fully saturated rings. The van der Waals surface area contributed by atoms with Gasteiger partial charge in [0, 0.05) is 0 Å². The zero-order chi connectivity index (χ0) is 17.5. The number of hydrogen-bond donors (Lipinski definition) is 2. The van der Waals surface area contributed by atoms with Crippen molar-refractivity contribution < 1.29 is 36.2 Å². The van der Waals surface area contributed by atoms with Crippen LogP contribution < -0.4 is 9.46 Å². The number of rotatable bonds is 6. The maximum absolute atomic E-state index is 12.4. The summed E-state index contributed by atoms with van der Waals surface area (Å²) in [6, 6.07) is 1.05. The Morgan fingerprint density at radius 2 is 2.09 bits per heavy atom. The number of nitrogens with zero attached hydrogens (tertiary/aromatic N) is 1. The van der Waals surface area contributed by atoms with Crippen LogP contribution in [0, 0.1) is 0 Å². The molecule has 0 aromatic carbocycles. The molecule has 0 radical (unpaired) electrons. The summed E-state index contributed by atoms with van der Waals surface area (Å²) in [4.78, 5) is 14.5. The molecule has 0 amide bonds. The zero-order valence-electron chi connectivity index (χ0n) is 11.2. The fourth-order valence-corrected chi connectivity index (χ4v) is 2.78. The average molecular weight is 375 g/mol. The van der Waals surface area contributed by atoms with Gasteiger partial charge in [-0.3, -0.25) is 0 Å². The average Bonchev–Trinajstić information content (AvgIpc) is 3.15. The molecule has 0 bridgehead atoms. The number of ether oxygens (including phenoxy) is 1. The molecule has 0 unspecified atom stereocenters. The Morgan fingerprint density at radius 1 is 1.48 bits per heavy atom. The van der Waals surface area contributed by atoms with Crippen molar-refractivity contribution in [1.82, 2.24) is 9.71 Å². The lowest BCUT2D eigenvalue weighted by atomic mass is 10.3. The molecule has 1 aromatic rings. The first kappa shape index (κ1) is 17.8. The molecule has 1 aromatic heterocycles. The van der Waals surface area contributed by atoms with E-state index in [1.165, 1.54) is 0 Å². The van der Waals surface area contributed by atoms with Crippen LogP contribution in [0.4, 0.5) is 13.2 Å². The van der Waals surface area contributed by atoms with E-state index in [1.54, 1.807) is 4.72 Å². The minimum absolute atomic E-state index is 0.0516. The van der Waals surface area contributed by atoms with E-state index in [0.29, 0.717) is 0 Å². The highest BCUT2D eigenvalue weighted by Crippen LogP contribution is 2.39. The third-order valence-electron chi connectivity index (χ3n) is 3.07. The van der Waals surface area contributed by atoms with E-state index in [0.717, 1.165) is 12.3 Å². The SMILES string of the molecule is O=C(O)c1cc(OCC2(NS(=O)(=O)C(F)(F)F)CC2)cnc1Cl. The maximum atomic E-state index is 12.4. The van der Waals surface area contributed by atoms with Crippen LogP contribution in [0.1, 0.15) is 23.2 Å². The van der Waals surface area contributed by atoms with Crippen LogP contribution in [0.5, 0.6) is 5.75 Å². The van der Waals surface area contributed by atoms with Crippen LogP contribution in [-0.4, -0.2) is 42.1 Å². The van der Waals surface area contributed by atoms with Crippen LogP contribution >= 0.6 is 11.6 Å². The van der Waals surface area contributed by atoms with Gasteiger partial charge in [0.25, 0.3) is 0 Å². The first-order chi connectivity index (χ1) is 10.5. The third-order valence-corrected chi connectivity index (χ3v) is 4.68. The topological polar surface area (TPSA) is 106 Å². The number of aromatic carboxylic acids is 1. The van der Waals surface area contributed by atoms with E-state index < -0.39 is 33.6 Å². The summed E-state index contributed by atoms with van der Waals surface area (Å²) >= 11 is 5.57. The Labute approximate surface area is 133 Å². The second kappa shape index (κ2) is 5.80. The van der Waals surface area contributed by atoms with Crippen molar-refractivity contribution in [2.24, 2.45) is 0 Å².